The number of likely N-dealkylation sites (tertiary alicyclic amines) is 2. The van der Waals surface area contributed by atoms with Crippen molar-refractivity contribution < 1.29 is 29.0 Å². The Bertz CT molecular complexity index is 1890. The zero-order valence-electron chi connectivity index (χ0n) is 29.3. The number of amides is 4. The number of hydrogen-bond acceptors (Lipinski definition) is 7. The van der Waals surface area contributed by atoms with E-state index in [2.05, 4.69) is 25.3 Å². The van der Waals surface area contributed by atoms with Crippen molar-refractivity contribution >= 4 is 24.0 Å². The SMILES string of the molecule is COC(=O)N[C@@H](C)C(=O)N1[C@@H](C)CC[C@H]1c1nc(-c2ccc(-c3ccc(-c4c[nH]c([C@@H]5CC[C@H](C)N5C(=O)[C@H](C)NC(=O)O)n4)cc3)cc2)c[nH]1. The van der Waals surface area contributed by atoms with Crippen LogP contribution in [0.3, 0.4) is 0 Å². The molecule has 0 radical (unpaired) electrons. The van der Waals surface area contributed by atoms with Gasteiger partial charge in [-0.15, -0.1) is 0 Å². The largest absolute Gasteiger partial charge is 0.465 e. The summed E-state index contributed by atoms with van der Waals surface area (Å²) in [6, 6.07) is 14.2. The smallest absolute Gasteiger partial charge is 0.407 e. The Labute approximate surface area is 296 Å². The van der Waals surface area contributed by atoms with Crippen molar-refractivity contribution in [3.8, 4) is 33.6 Å². The Balaban J connectivity index is 1.12. The Morgan fingerprint density at radius 2 is 1.10 bits per heavy atom. The monoisotopic (exact) mass is 696 g/mol. The second-order valence-corrected chi connectivity index (χ2v) is 13.4. The van der Waals surface area contributed by atoms with Crippen LogP contribution in [0.25, 0.3) is 33.6 Å². The van der Waals surface area contributed by atoms with Gasteiger partial charge in [-0.05, 0) is 64.5 Å². The molecular weight excluding hydrogens is 652 g/mol. The molecule has 0 aliphatic carbocycles. The first kappa shape index (κ1) is 35.2. The molecule has 0 saturated carbocycles. The summed E-state index contributed by atoms with van der Waals surface area (Å²) in [6.07, 6.45) is 4.95. The molecule has 5 N–H and O–H groups in total. The second kappa shape index (κ2) is 14.7. The molecule has 0 unspecified atom stereocenters. The standard InChI is InChI=1S/C37H44N8O6/c1-20-6-16-30(44(20)34(46)22(3)40-36(48)49)32-38-18-28(42-32)26-12-8-24(9-13-26)25-10-14-27(15-11-25)29-19-39-33(43-29)31-17-7-21(2)45(31)35(47)23(4)41-37(50)51-5/h8-15,18-23,30-31,40H,6-7,16-17H2,1-5H3,(H,38,42)(H,39,43)(H,41,50)(H,48,49)/t20-,21-,22-,23-,30-,31-/m0/s1. The van der Waals surface area contributed by atoms with E-state index >= 15 is 0 Å². The van der Waals surface area contributed by atoms with Crippen molar-refractivity contribution in [2.45, 2.75) is 89.6 Å². The van der Waals surface area contributed by atoms with Gasteiger partial charge in [0.15, 0.2) is 0 Å². The van der Waals surface area contributed by atoms with E-state index in [1.54, 1.807) is 23.6 Å². The zero-order chi connectivity index (χ0) is 36.4. The number of H-pyrrole nitrogens is 2. The van der Waals surface area contributed by atoms with Crippen LogP contribution < -0.4 is 10.6 Å². The van der Waals surface area contributed by atoms with Gasteiger partial charge < -0.3 is 40.2 Å². The third-order valence-corrected chi connectivity index (χ3v) is 9.97. The average molecular weight is 697 g/mol. The summed E-state index contributed by atoms with van der Waals surface area (Å²) in [6.45, 7) is 7.18. The van der Waals surface area contributed by atoms with Crippen LogP contribution in [-0.4, -0.2) is 90.1 Å². The lowest BCUT2D eigenvalue weighted by Gasteiger charge is -2.30. The number of ether oxygens (including phenoxy) is 1. The van der Waals surface area contributed by atoms with E-state index in [-0.39, 0.29) is 36.0 Å². The summed E-state index contributed by atoms with van der Waals surface area (Å²) in [7, 11) is 1.27. The van der Waals surface area contributed by atoms with Gasteiger partial charge in [-0.3, -0.25) is 9.59 Å². The summed E-state index contributed by atoms with van der Waals surface area (Å²) in [5, 5.41) is 13.9. The fraction of sp³-hybridized carbons (Fsp3) is 0.405. The van der Waals surface area contributed by atoms with Gasteiger partial charge in [0.25, 0.3) is 0 Å². The molecule has 6 atom stereocenters. The topological polar surface area (TPSA) is 186 Å². The summed E-state index contributed by atoms with van der Waals surface area (Å²) in [5.74, 6) is 0.941. The van der Waals surface area contributed by atoms with E-state index in [9.17, 15) is 19.2 Å². The predicted molar refractivity (Wildman–Crippen MR) is 189 cm³/mol. The van der Waals surface area contributed by atoms with Gasteiger partial charge in [0, 0.05) is 35.6 Å². The number of carbonyl (C=O) groups excluding carboxylic acids is 3. The number of nitrogens with zero attached hydrogens (tertiary/aromatic N) is 4. The fourth-order valence-electron chi connectivity index (χ4n) is 7.22. The van der Waals surface area contributed by atoms with E-state index < -0.39 is 24.3 Å². The fourth-order valence-corrected chi connectivity index (χ4v) is 7.22. The first-order chi connectivity index (χ1) is 24.4. The molecule has 2 aromatic carbocycles. The Morgan fingerprint density at radius 3 is 1.49 bits per heavy atom. The number of aromatic nitrogens is 4. The second-order valence-electron chi connectivity index (χ2n) is 13.4. The molecule has 0 spiro atoms. The number of carbonyl (C=O) groups is 4. The third kappa shape index (κ3) is 7.30. The highest BCUT2D eigenvalue weighted by molar-refractivity contribution is 5.86. The third-order valence-electron chi connectivity index (χ3n) is 9.97. The first-order valence-electron chi connectivity index (χ1n) is 17.2. The summed E-state index contributed by atoms with van der Waals surface area (Å²) >= 11 is 0. The van der Waals surface area contributed by atoms with Crippen LogP contribution in [0.1, 0.15) is 77.1 Å². The minimum Gasteiger partial charge on any atom is -0.465 e. The molecule has 4 amide bonds. The molecule has 14 nitrogen and oxygen atoms in total. The van der Waals surface area contributed by atoms with Crippen molar-refractivity contribution in [3.05, 3.63) is 72.6 Å². The number of methoxy groups -OCH3 is 1. The summed E-state index contributed by atoms with van der Waals surface area (Å²) in [5.41, 5.74) is 5.48. The Hall–Kier alpha value is -5.66. The minimum absolute atomic E-state index is 0.00869. The van der Waals surface area contributed by atoms with E-state index in [1.807, 2.05) is 74.8 Å². The number of hydrogen-bond donors (Lipinski definition) is 5. The summed E-state index contributed by atoms with van der Waals surface area (Å²) < 4.78 is 4.66. The normalized spacial score (nSPS) is 21.3. The maximum Gasteiger partial charge on any atom is 0.407 e. The molecule has 51 heavy (non-hydrogen) atoms. The zero-order valence-corrected chi connectivity index (χ0v) is 29.3. The predicted octanol–water partition coefficient (Wildman–Crippen LogP) is 5.64. The number of nitrogens with one attached hydrogen (secondary N) is 4. The van der Waals surface area contributed by atoms with Crippen molar-refractivity contribution in [3.63, 3.8) is 0 Å². The molecule has 0 bridgehead atoms. The molecule has 6 rings (SSSR count). The van der Waals surface area contributed by atoms with E-state index in [1.165, 1.54) is 7.11 Å². The van der Waals surface area contributed by atoms with Crippen molar-refractivity contribution in [1.29, 1.82) is 0 Å². The van der Waals surface area contributed by atoms with E-state index in [0.717, 1.165) is 59.3 Å². The molecule has 4 heterocycles. The van der Waals surface area contributed by atoms with Crippen LogP contribution in [0.2, 0.25) is 0 Å². The van der Waals surface area contributed by atoms with E-state index in [0.29, 0.717) is 11.6 Å². The van der Waals surface area contributed by atoms with Crippen molar-refractivity contribution in [2.24, 2.45) is 0 Å². The first-order valence-corrected chi connectivity index (χ1v) is 17.2. The Kier molecular flexibility index (Phi) is 10.1. The maximum atomic E-state index is 13.3. The van der Waals surface area contributed by atoms with Gasteiger partial charge in [0.1, 0.15) is 23.7 Å². The highest BCUT2D eigenvalue weighted by Crippen LogP contribution is 2.38. The van der Waals surface area contributed by atoms with Gasteiger partial charge in [0.05, 0.1) is 30.6 Å². The van der Waals surface area contributed by atoms with Crippen LogP contribution in [0, 0.1) is 0 Å². The Morgan fingerprint density at radius 1 is 0.706 bits per heavy atom. The van der Waals surface area contributed by atoms with Gasteiger partial charge in [-0.25, -0.2) is 19.6 Å². The lowest BCUT2D eigenvalue weighted by atomic mass is 10.0. The lowest BCUT2D eigenvalue weighted by Crippen LogP contribution is -2.48. The number of imidazole rings is 2. The quantitative estimate of drug-likeness (QED) is 0.149. The lowest BCUT2D eigenvalue weighted by molar-refractivity contribution is -0.136. The van der Waals surface area contributed by atoms with E-state index in [4.69, 9.17) is 15.1 Å². The van der Waals surface area contributed by atoms with Gasteiger partial charge >= 0.3 is 12.2 Å². The highest BCUT2D eigenvalue weighted by Gasteiger charge is 2.40. The molecule has 2 aliphatic heterocycles. The van der Waals surface area contributed by atoms with Gasteiger partial charge in [0.2, 0.25) is 11.8 Å². The van der Waals surface area contributed by atoms with Crippen molar-refractivity contribution in [2.75, 3.05) is 7.11 Å². The molecule has 2 saturated heterocycles. The highest BCUT2D eigenvalue weighted by atomic mass is 16.5. The molecule has 14 heteroatoms. The van der Waals surface area contributed by atoms with Crippen LogP contribution >= 0.6 is 0 Å². The minimum atomic E-state index is -1.23. The molecule has 268 valence electrons. The average Bonchev–Trinajstić information content (AvgIpc) is 3.94. The van der Waals surface area contributed by atoms with Gasteiger partial charge in [-0.2, -0.15) is 0 Å². The number of carboxylic acid groups (broad SMARTS) is 1. The molecule has 4 aromatic rings. The van der Waals surface area contributed by atoms with Gasteiger partial charge in [-0.1, -0.05) is 48.5 Å². The van der Waals surface area contributed by atoms with Crippen LogP contribution in [-0.2, 0) is 14.3 Å². The molecule has 2 aliphatic rings. The number of rotatable bonds is 9. The maximum absolute atomic E-state index is 13.3. The number of benzene rings is 2. The number of aromatic amines is 2. The van der Waals surface area contributed by atoms with Crippen LogP contribution in [0.5, 0.6) is 0 Å². The van der Waals surface area contributed by atoms with Crippen LogP contribution in [0.4, 0.5) is 9.59 Å². The van der Waals surface area contributed by atoms with Crippen molar-refractivity contribution in [1.82, 2.24) is 40.4 Å². The molecule has 2 fully saturated rings. The number of alkyl carbamates (subject to hydrolysis) is 1. The molecular formula is C37H44N8O6. The van der Waals surface area contributed by atoms with Crippen LogP contribution in [0.15, 0.2) is 60.9 Å². The summed E-state index contributed by atoms with van der Waals surface area (Å²) in [4.78, 5) is 68.9. The molecule has 2 aromatic heterocycles.